The number of rotatable bonds is 10. The molecule has 1 aliphatic rings. The summed E-state index contributed by atoms with van der Waals surface area (Å²) in [5.74, 6) is 0.650. The molecule has 0 aliphatic heterocycles. The first-order chi connectivity index (χ1) is 9.21. The van der Waals surface area contributed by atoms with E-state index in [1.165, 1.54) is 51.4 Å². The highest BCUT2D eigenvalue weighted by molar-refractivity contribution is 5.78. The second-order valence-corrected chi connectivity index (χ2v) is 6.07. The Bertz CT molecular complexity index is 256. The molecule has 0 aromatic heterocycles. The minimum atomic E-state index is -0.113. The first kappa shape index (κ1) is 16.5. The predicted octanol–water partition coefficient (Wildman–Crippen LogP) is 5.11. The van der Waals surface area contributed by atoms with E-state index in [1.807, 2.05) is 6.92 Å². The fourth-order valence-electron chi connectivity index (χ4n) is 3.47. The summed E-state index contributed by atoms with van der Waals surface area (Å²) in [5, 5.41) is 0. The van der Waals surface area contributed by atoms with E-state index in [1.54, 1.807) is 0 Å². The van der Waals surface area contributed by atoms with Crippen LogP contribution in [0.5, 0.6) is 0 Å². The Morgan fingerprint density at radius 1 is 1.05 bits per heavy atom. The van der Waals surface area contributed by atoms with E-state index >= 15 is 0 Å². The summed E-state index contributed by atoms with van der Waals surface area (Å²) < 4.78 is 5.37. The maximum Gasteiger partial charge on any atom is 0.312 e. The highest BCUT2D eigenvalue weighted by Crippen LogP contribution is 2.51. The van der Waals surface area contributed by atoms with Crippen LogP contribution in [0.2, 0.25) is 0 Å². The molecule has 1 unspecified atom stereocenters. The Hall–Kier alpha value is -0.530. The van der Waals surface area contributed by atoms with Gasteiger partial charge >= 0.3 is 5.97 Å². The zero-order chi connectivity index (χ0) is 14.1. The van der Waals surface area contributed by atoms with Gasteiger partial charge in [0, 0.05) is 0 Å². The van der Waals surface area contributed by atoms with E-state index in [0.29, 0.717) is 12.5 Å². The third kappa shape index (κ3) is 4.22. The molecular formula is C17H32O2. The lowest BCUT2D eigenvalue weighted by Crippen LogP contribution is -2.45. The van der Waals surface area contributed by atoms with Gasteiger partial charge in [0.15, 0.2) is 0 Å². The molecule has 1 rings (SSSR count). The van der Waals surface area contributed by atoms with Gasteiger partial charge in [-0.1, -0.05) is 52.4 Å². The van der Waals surface area contributed by atoms with Crippen molar-refractivity contribution in [1.29, 1.82) is 0 Å². The van der Waals surface area contributed by atoms with Gasteiger partial charge in [-0.05, 0) is 38.5 Å². The zero-order valence-electron chi connectivity index (χ0n) is 13.2. The van der Waals surface area contributed by atoms with Crippen molar-refractivity contribution in [3.05, 3.63) is 0 Å². The van der Waals surface area contributed by atoms with Gasteiger partial charge in [0.2, 0.25) is 0 Å². The summed E-state index contributed by atoms with van der Waals surface area (Å²) in [4.78, 5) is 12.3. The van der Waals surface area contributed by atoms with Crippen LogP contribution in [0.15, 0.2) is 0 Å². The molecule has 19 heavy (non-hydrogen) atoms. The molecular weight excluding hydrogens is 236 g/mol. The lowest BCUT2D eigenvalue weighted by Gasteiger charge is -2.45. The molecule has 0 spiro atoms. The molecule has 0 bridgehead atoms. The van der Waals surface area contributed by atoms with Gasteiger partial charge in [-0.25, -0.2) is 0 Å². The van der Waals surface area contributed by atoms with Crippen molar-refractivity contribution in [3.8, 4) is 0 Å². The number of hydrogen-bond acceptors (Lipinski definition) is 2. The molecule has 0 aromatic rings. The molecule has 2 heteroatoms. The van der Waals surface area contributed by atoms with Gasteiger partial charge in [-0.2, -0.15) is 0 Å². The Kier molecular flexibility index (Phi) is 7.48. The Balaban J connectivity index is 2.57. The molecule has 1 aliphatic carbocycles. The number of carbonyl (C=O) groups is 1. The molecule has 1 atom stereocenters. The number of carbonyl (C=O) groups excluding carboxylic acids is 1. The molecule has 0 amide bonds. The van der Waals surface area contributed by atoms with Crippen LogP contribution in [0.4, 0.5) is 0 Å². The van der Waals surface area contributed by atoms with Crippen LogP contribution in [-0.4, -0.2) is 12.6 Å². The van der Waals surface area contributed by atoms with E-state index in [0.717, 1.165) is 12.8 Å². The third-order valence-corrected chi connectivity index (χ3v) is 4.75. The Morgan fingerprint density at radius 3 is 2.26 bits per heavy atom. The Morgan fingerprint density at radius 2 is 1.79 bits per heavy atom. The monoisotopic (exact) mass is 268 g/mol. The van der Waals surface area contributed by atoms with E-state index in [-0.39, 0.29) is 11.4 Å². The van der Waals surface area contributed by atoms with Gasteiger partial charge in [-0.3, -0.25) is 4.79 Å². The number of hydrogen-bond donors (Lipinski definition) is 0. The quantitative estimate of drug-likeness (QED) is 0.406. The molecule has 1 saturated carbocycles. The third-order valence-electron chi connectivity index (χ3n) is 4.75. The highest BCUT2D eigenvalue weighted by atomic mass is 16.5. The van der Waals surface area contributed by atoms with Gasteiger partial charge < -0.3 is 4.74 Å². The van der Waals surface area contributed by atoms with Crippen molar-refractivity contribution in [3.63, 3.8) is 0 Å². The maximum atomic E-state index is 12.3. The topological polar surface area (TPSA) is 26.3 Å². The second kappa shape index (κ2) is 8.60. The summed E-state index contributed by atoms with van der Waals surface area (Å²) in [6, 6.07) is 0. The average molecular weight is 268 g/mol. The standard InChI is InChI=1S/C17H32O2/c1-4-7-8-9-12-15(11-5-2)17(13-10-14-17)16(18)19-6-3/h15H,4-14H2,1-3H3. The molecule has 0 N–H and O–H groups in total. The molecule has 0 saturated heterocycles. The summed E-state index contributed by atoms with van der Waals surface area (Å²) in [5.41, 5.74) is -0.113. The van der Waals surface area contributed by atoms with Gasteiger partial charge in [0.05, 0.1) is 12.0 Å². The molecule has 0 radical (unpaired) electrons. The lowest BCUT2D eigenvalue weighted by atomic mass is 9.58. The minimum Gasteiger partial charge on any atom is -0.466 e. The van der Waals surface area contributed by atoms with E-state index in [2.05, 4.69) is 13.8 Å². The van der Waals surface area contributed by atoms with Gasteiger partial charge in [0.25, 0.3) is 0 Å². The number of unbranched alkanes of at least 4 members (excludes halogenated alkanes) is 3. The van der Waals surface area contributed by atoms with E-state index in [9.17, 15) is 4.79 Å². The molecule has 1 fully saturated rings. The van der Waals surface area contributed by atoms with Crippen LogP contribution in [0.25, 0.3) is 0 Å². The fraction of sp³-hybridized carbons (Fsp3) is 0.941. The molecule has 2 nitrogen and oxygen atoms in total. The predicted molar refractivity (Wildman–Crippen MR) is 80.1 cm³/mol. The van der Waals surface area contributed by atoms with Crippen LogP contribution in [-0.2, 0) is 9.53 Å². The van der Waals surface area contributed by atoms with Crippen LogP contribution < -0.4 is 0 Å². The first-order valence-electron chi connectivity index (χ1n) is 8.38. The SMILES string of the molecule is CCCCCCC(CCC)C1(C(=O)OCC)CCC1. The van der Waals surface area contributed by atoms with Gasteiger partial charge in [-0.15, -0.1) is 0 Å². The van der Waals surface area contributed by atoms with Crippen LogP contribution in [0.3, 0.4) is 0 Å². The zero-order valence-corrected chi connectivity index (χ0v) is 13.2. The van der Waals surface area contributed by atoms with Crippen molar-refractivity contribution >= 4 is 5.97 Å². The second-order valence-electron chi connectivity index (χ2n) is 6.07. The van der Waals surface area contributed by atoms with Crippen molar-refractivity contribution in [2.75, 3.05) is 6.61 Å². The molecule has 0 aromatic carbocycles. The van der Waals surface area contributed by atoms with E-state index < -0.39 is 0 Å². The van der Waals surface area contributed by atoms with Crippen LogP contribution in [0.1, 0.15) is 85.0 Å². The molecule has 0 heterocycles. The number of esters is 1. The summed E-state index contributed by atoms with van der Waals surface area (Å²) in [6.45, 7) is 6.92. The molecule has 112 valence electrons. The van der Waals surface area contributed by atoms with Crippen LogP contribution in [0, 0.1) is 11.3 Å². The van der Waals surface area contributed by atoms with Crippen molar-refractivity contribution in [1.82, 2.24) is 0 Å². The highest BCUT2D eigenvalue weighted by Gasteiger charge is 2.50. The summed E-state index contributed by atoms with van der Waals surface area (Å²) in [7, 11) is 0. The largest absolute Gasteiger partial charge is 0.466 e. The minimum absolute atomic E-state index is 0.0928. The van der Waals surface area contributed by atoms with Crippen LogP contribution >= 0.6 is 0 Å². The van der Waals surface area contributed by atoms with Crippen molar-refractivity contribution < 1.29 is 9.53 Å². The first-order valence-corrected chi connectivity index (χ1v) is 8.38. The van der Waals surface area contributed by atoms with E-state index in [4.69, 9.17) is 4.74 Å². The Labute approximate surface area is 119 Å². The maximum absolute atomic E-state index is 12.3. The number of ether oxygens (including phenoxy) is 1. The summed E-state index contributed by atoms with van der Waals surface area (Å²) >= 11 is 0. The van der Waals surface area contributed by atoms with Gasteiger partial charge in [0.1, 0.15) is 0 Å². The van der Waals surface area contributed by atoms with Crippen molar-refractivity contribution in [2.45, 2.75) is 85.0 Å². The summed E-state index contributed by atoms with van der Waals surface area (Å²) in [6.07, 6.45) is 12.1. The van der Waals surface area contributed by atoms with Crippen molar-refractivity contribution in [2.24, 2.45) is 11.3 Å². The fourth-order valence-corrected chi connectivity index (χ4v) is 3.47. The lowest BCUT2D eigenvalue weighted by molar-refractivity contribution is -0.167. The smallest absolute Gasteiger partial charge is 0.312 e. The normalized spacial score (nSPS) is 18.7. The average Bonchev–Trinajstić information content (AvgIpc) is 2.33.